The van der Waals surface area contributed by atoms with Gasteiger partial charge < -0.3 is 29.3 Å². The first kappa shape index (κ1) is 46.4. The molecule has 4 rings (SSSR count). The molecule has 2 N–H and O–H groups in total. The molecule has 0 spiro atoms. The molecule has 0 saturated heterocycles. The predicted molar refractivity (Wildman–Crippen MR) is 235 cm³/mol. The molecule has 8 heteroatoms. The fraction of sp³-hybridized carbons (Fsp3) is 0.729. The minimum atomic E-state index is -0.918. The highest BCUT2D eigenvalue weighted by atomic mass is 32.2. The first-order chi connectivity index (χ1) is 27.6. The molecule has 0 aromatic heterocycles. The van der Waals surface area contributed by atoms with Crippen LogP contribution in [-0.2, 0) is 9.57 Å². The topological polar surface area (TPSA) is 89.7 Å². The molecule has 0 radical (unpaired) electrons. The second-order valence-electron chi connectivity index (χ2n) is 16.2. The molecule has 1 aromatic rings. The normalized spacial score (nSPS) is 24.5. The third-order valence-electron chi connectivity index (χ3n) is 12.1. The van der Waals surface area contributed by atoms with E-state index in [-0.39, 0.29) is 42.1 Å². The van der Waals surface area contributed by atoms with Crippen molar-refractivity contribution in [3.05, 3.63) is 60.7 Å². The van der Waals surface area contributed by atoms with Crippen molar-refractivity contribution in [2.45, 2.75) is 166 Å². The van der Waals surface area contributed by atoms with Crippen LogP contribution >= 0.6 is 11.8 Å². The lowest BCUT2D eigenvalue weighted by molar-refractivity contribution is -0.223. The van der Waals surface area contributed by atoms with Gasteiger partial charge in [-0.05, 0) is 80.4 Å². The predicted octanol–water partition coefficient (Wildman–Crippen LogP) is 12.1. The summed E-state index contributed by atoms with van der Waals surface area (Å²) in [5.41, 5.74) is 3.33. The largest absolute Gasteiger partial charge is 0.490 e. The average molecular weight is 796 g/mol. The Hall–Kier alpha value is -2.26. The van der Waals surface area contributed by atoms with Gasteiger partial charge in [-0.15, -0.1) is 6.58 Å². The summed E-state index contributed by atoms with van der Waals surface area (Å²) in [6, 6.07) is 6.26. The number of aliphatic hydroxyl groups excluding tert-OH is 2. The number of oxime groups is 1. The Morgan fingerprint density at radius 3 is 2.09 bits per heavy atom. The first-order valence-electron chi connectivity index (χ1n) is 22.6. The highest BCUT2D eigenvalue weighted by Gasteiger charge is 2.63. The summed E-state index contributed by atoms with van der Waals surface area (Å²) < 4.78 is 20.5. The van der Waals surface area contributed by atoms with Crippen molar-refractivity contribution < 1.29 is 29.3 Å². The highest BCUT2D eigenvalue weighted by Crippen LogP contribution is 2.62. The molecule has 0 amide bonds. The van der Waals surface area contributed by atoms with Crippen LogP contribution in [0.15, 0.2) is 60.3 Å². The van der Waals surface area contributed by atoms with Crippen LogP contribution < -0.4 is 9.47 Å². The van der Waals surface area contributed by atoms with Crippen LogP contribution in [0.2, 0.25) is 0 Å². The van der Waals surface area contributed by atoms with E-state index in [2.05, 4.69) is 38.3 Å². The van der Waals surface area contributed by atoms with Crippen LogP contribution in [-0.4, -0.2) is 65.7 Å². The summed E-state index contributed by atoms with van der Waals surface area (Å²) in [7, 11) is 0. The molecule has 2 aliphatic carbocycles. The zero-order valence-corrected chi connectivity index (χ0v) is 36.1. The van der Waals surface area contributed by atoms with Crippen molar-refractivity contribution in [1.82, 2.24) is 0 Å². The molecule has 6 unspecified atom stereocenters. The SMILES string of the molecule is C=CCOc1ccc2c(c1)C1C(CCCCO)C(CCCCO)C=C3C(=NOCC)CC(SCCCCCCCCCCCCCCCC)C(OCC=C)(O2)C31. The molecule has 1 aliphatic heterocycles. The number of rotatable bonds is 32. The number of fused-ring (bicyclic) bond motifs is 2. The Kier molecular flexibility index (Phi) is 22.1. The van der Waals surface area contributed by atoms with E-state index in [1.54, 1.807) is 6.08 Å². The Morgan fingerprint density at radius 2 is 1.46 bits per heavy atom. The lowest BCUT2D eigenvalue weighted by Gasteiger charge is -2.58. The highest BCUT2D eigenvalue weighted by molar-refractivity contribution is 8.00. The van der Waals surface area contributed by atoms with Crippen LogP contribution in [0.1, 0.15) is 160 Å². The van der Waals surface area contributed by atoms with Crippen molar-refractivity contribution >= 4 is 17.5 Å². The van der Waals surface area contributed by atoms with Crippen molar-refractivity contribution in [2.75, 3.05) is 38.8 Å². The van der Waals surface area contributed by atoms with Gasteiger partial charge in [0, 0.05) is 31.1 Å². The molecule has 1 fully saturated rings. The standard InChI is InChI=1S/C48H77NO6S/c1-5-9-10-11-12-13-14-15-16-17-18-19-20-25-34-56-45-37-43(49-54-8-4)41-35-38(26-21-23-30-50)40(27-22-24-31-51)46-42-36-39(52-32-6-2)28-29-44(42)55-48(45,47(41)46)53-33-7-3/h6-7,28-29,35-36,38,40,45-47,50-51H,2-3,5,8-27,30-34,37H2,1,4H3. The average Bonchev–Trinajstić information content (AvgIpc) is 3.21. The summed E-state index contributed by atoms with van der Waals surface area (Å²) in [5, 5.41) is 24.4. The maximum Gasteiger partial charge on any atom is 0.230 e. The second kappa shape index (κ2) is 26.7. The number of unbranched alkanes of at least 4 members (excludes halogenated alkanes) is 15. The van der Waals surface area contributed by atoms with Gasteiger partial charge in [-0.25, -0.2) is 0 Å². The van der Waals surface area contributed by atoms with Gasteiger partial charge in [0.15, 0.2) is 0 Å². The third kappa shape index (κ3) is 13.4. The number of aliphatic hydroxyl groups is 2. The van der Waals surface area contributed by atoms with Gasteiger partial charge in [0.05, 0.1) is 23.5 Å². The number of hydrogen-bond donors (Lipinski definition) is 2. The van der Waals surface area contributed by atoms with Crippen LogP contribution in [0.4, 0.5) is 0 Å². The van der Waals surface area contributed by atoms with Crippen LogP contribution in [0.3, 0.4) is 0 Å². The Morgan fingerprint density at radius 1 is 0.821 bits per heavy atom. The van der Waals surface area contributed by atoms with Gasteiger partial charge in [0.1, 0.15) is 24.7 Å². The number of allylic oxidation sites excluding steroid dienone is 1. The molecule has 1 saturated carbocycles. The van der Waals surface area contributed by atoms with E-state index in [4.69, 9.17) is 24.2 Å². The van der Waals surface area contributed by atoms with E-state index in [0.29, 0.717) is 26.2 Å². The van der Waals surface area contributed by atoms with E-state index in [0.717, 1.165) is 67.1 Å². The minimum Gasteiger partial charge on any atom is -0.490 e. The lowest BCUT2D eigenvalue weighted by Crippen LogP contribution is -2.64. The maximum absolute atomic E-state index is 9.85. The van der Waals surface area contributed by atoms with E-state index in [1.165, 1.54) is 95.5 Å². The fourth-order valence-electron chi connectivity index (χ4n) is 9.39. The number of ether oxygens (including phenoxy) is 3. The minimum absolute atomic E-state index is 0.00199. The maximum atomic E-state index is 9.85. The Balaban J connectivity index is 1.57. The van der Waals surface area contributed by atoms with Crippen molar-refractivity contribution in [1.29, 1.82) is 0 Å². The molecular formula is C48H77NO6S. The summed E-state index contributed by atoms with van der Waals surface area (Å²) >= 11 is 1.98. The number of benzene rings is 1. The smallest absolute Gasteiger partial charge is 0.230 e. The van der Waals surface area contributed by atoms with E-state index in [9.17, 15) is 10.2 Å². The molecule has 6 atom stereocenters. The number of hydrogen-bond acceptors (Lipinski definition) is 8. The van der Waals surface area contributed by atoms with Crippen molar-refractivity contribution in [2.24, 2.45) is 22.9 Å². The van der Waals surface area contributed by atoms with Gasteiger partial charge in [-0.3, -0.25) is 0 Å². The van der Waals surface area contributed by atoms with Crippen molar-refractivity contribution in [3.63, 3.8) is 0 Å². The molecule has 0 bridgehead atoms. The van der Waals surface area contributed by atoms with Gasteiger partial charge in [-0.2, -0.15) is 11.8 Å². The van der Waals surface area contributed by atoms with Gasteiger partial charge in [0.2, 0.25) is 5.79 Å². The van der Waals surface area contributed by atoms with Crippen LogP contribution in [0.5, 0.6) is 11.5 Å². The van der Waals surface area contributed by atoms with E-state index >= 15 is 0 Å². The number of thioether (sulfide) groups is 1. The van der Waals surface area contributed by atoms with Crippen LogP contribution in [0, 0.1) is 17.8 Å². The van der Waals surface area contributed by atoms with Gasteiger partial charge in [0.25, 0.3) is 0 Å². The molecule has 7 nitrogen and oxygen atoms in total. The second-order valence-corrected chi connectivity index (χ2v) is 17.5. The zero-order valence-electron chi connectivity index (χ0n) is 35.2. The summed E-state index contributed by atoms with van der Waals surface area (Å²) in [5.74, 6) is 2.29. The zero-order chi connectivity index (χ0) is 39.9. The molecule has 1 heterocycles. The van der Waals surface area contributed by atoms with E-state index in [1.807, 2.05) is 30.8 Å². The van der Waals surface area contributed by atoms with Crippen molar-refractivity contribution in [3.8, 4) is 11.5 Å². The summed E-state index contributed by atoms with van der Waals surface area (Å²) in [6.45, 7) is 13.9. The molecule has 3 aliphatic rings. The Labute approximate surface area is 345 Å². The molecule has 56 heavy (non-hydrogen) atoms. The molecule has 316 valence electrons. The van der Waals surface area contributed by atoms with Crippen LogP contribution in [0.25, 0.3) is 0 Å². The molecular weight excluding hydrogens is 719 g/mol. The Bertz CT molecular complexity index is 1330. The van der Waals surface area contributed by atoms with E-state index < -0.39 is 5.79 Å². The molecule has 1 aromatic carbocycles. The lowest BCUT2D eigenvalue weighted by atomic mass is 9.56. The number of nitrogens with zero attached hydrogens (tertiary/aromatic N) is 1. The summed E-state index contributed by atoms with van der Waals surface area (Å²) in [4.78, 5) is 5.86. The first-order valence-corrected chi connectivity index (χ1v) is 23.7. The third-order valence-corrected chi connectivity index (χ3v) is 13.5. The quantitative estimate of drug-likeness (QED) is 0.0426. The van der Waals surface area contributed by atoms with Gasteiger partial charge >= 0.3 is 0 Å². The van der Waals surface area contributed by atoms with Gasteiger partial charge in [-0.1, -0.05) is 133 Å². The summed E-state index contributed by atoms with van der Waals surface area (Å²) in [6.07, 6.45) is 31.1. The monoisotopic (exact) mass is 796 g/mol. The fourth-order valence-corrected chi connectivity index (χ4v) is 10.8.